The average molecular weight is 336 g/mol. The van der Waals surface area contributed by atoms with Gasteiger partial charge in [0, 0.05) is 17.9 Å². The molecule has 1 rings (SSSR count). The Labute approximate surface area is 145 Å². The van der Waals surface area contributed by atoms with E-state index in [9.17, 15) is 19.8 Å². The van der Waals surface area contributed by atoms with E-state index in [-0.39, 0.29) is 35.9 Å². The van der Waals surface area contributed by atoms with Crippen LogP contribution in [-0.2, 0) is 9.59 Å². The number of aliphatic hydroxyl groups excluding tert-OH is 2. The highest BCUT2D eigenvalue weighted by Crippen LogP contribution is 2.23. The molecule has 0 spiro atoms. The zero-order valence-corrected chi connectivity index (χ0v) is 15.4. The Bertz CT molecular complexity index is 502. The van der Waals surface area contributed by atoms with Gasteiger partial charge in [-0.2, -0.15) is 0 Å². The lowest BCUT2D eigenvalue weighted by Crippen LogP contribution is -2.31. The summed E-state index contributed by atoms with van der Waals surface area (Å²) in [5.74, 6) is -0.790. The molecule has 0 aliphatic heterocycles. The predicted molar refractivity (Wildman–Crippen MR) is 95.5 cm³/mol. The van der Waals surface area contributed by atoms with Gasteiger partial charge in [-0.1, -0.05) is 38.5 Å². The van der Waals surface area contributed by atoms with Crippen molar-refractivity contribution in [2.24, 2.45) is 17.8 Å². The third-order valence-corrected chi connectivity index (χ3v) is 4.91. The fourth-order valence-electron chi connectivity index (χ4n) is 3.02. The van der Waals surface area contributed by atoms with Crippen LogP contribution in [0.15, 0.2) is 23.3 Å². The second kappa shape index (κ2) is 9.90. The smallest absolute Gasteiger partial charge is 0.187 e. The number of Topliss-reactive ketones (excluding diaryl/α,β-unsaturated/α-hetero) is 2. The van der Waals surface area contributed by atoms with Gasteiger partial charge in [0.1, 0.15) is 11.9 Å². The van der Waals surface area contributed by atoms with Crippen molar-refractivity contribution in [2.75, 3.05) is 6.61 Å². The molecule has 0 unspecified atom stereocenters. The van der Waals surface area contributed by atoms with Crippen molar-refractivity contribution in [1.29, 1.82) is 0 Å². The molecule has 0 aromatic rings. The number of hydrogen-bond acceptors (Lipinski definition) is 4. The van der Waals surface area contributed by atoms with E-state index < -0.39 is 6.10 Å². The molecule has 1 aliphatic carbocycles. The highest BCUT2D eigenvalue weighted by atomic mass is 16.3. The minimum absolute atomic E-state index is 0.0299. The summed E-state index contributed by atoms with van der Waals surface area (Å²) in [7, 11) is 0. The molecule has 0 aromatic heterocycles. The maximum Gasteiger partial charge on any atom is 0.187 e. The molecule has 0 bridgehead atoms. The molecule has 1 aliphatic rings. The normalized spacial score (nSPS) is 32.7. The number of rotatable bonds is 2. The van der Waals surface area contributed by atoms with Crippen LogP contribution in [0.1, 0.15) is 59.8 Å². The first-order valence-corrected chi connectivity index (χ1v) is 9.01. The summed E-state index contributed by atoms with van der Waals surface area (Å²) in [4.78, 5) is 24.9. The Morgan fingerprint density at radius 2 is 1.83 bits per heavy atom. The second-order valence-corrected chi connectivity index (χ2v) is 7.35. The largest absolute Gasteiger partial charge is 0.396 e. The molecule has 0 amide bonds. The van der Waals surface area contributed by atoms with Crippen molar-refractivity contribution in [3.05, 3.63) is 23.3 Å². The van der Waals surface area contributed by atoms with E-state index in [0.717, 1.165) is 18.4 Å². The number of ketones is 2. The Hall–Kier alpha value is -1.26. The summed E-state index contributed by atoms with van der Waals surface area (Å²) in [5, 5.41) is 19.8. The Morgan fingerprint density at radius 3 is 2.42 bits per heavy atom. The fourth-order valence-corrected chi connectivity index (χ4v) is 3.02. The van der Waals surface area contributed by atoms with Crippen molar-refractivity contribution < 1.29 is 19.8 Å². The van der Waals surface area contributed by atoms with Gasteiger partial charge < -0.3 is 10.2 Å². The number of carbonyl (C=O) groups is 2. The summed E-state index contributed by atoms with van der Waals surface area (Å²) in [6, 6.07) is 0. The van der Waals surface area contributed by atoms with E-state index in [2.05, 4.69) is 0 Å². The highest BCUT2D eigenvalue weighted by molar-refractivity contribution is 5.99. The molecule has 4 nitrogen and oxygen atoms in total. The monoisotopic (exact) mass is 336 g/mol. The van der Waals surface area contributed by atoms with Crippen LogP contribution in [0.5, 0.6) is 0 Å². The maximum atomic E-state index is 12.6. The zero-order valence-electron chi connectivity index (χ0n) is 15.4. The van der Waals surface area contributed by atoms with Gasteiger partial charge in [0.2, 0.25) is 0 Å². The van der Waals surface area contributed by atoms with E-state index in [1.54, 1.807) is 6.92 Å². The van der Waals surface area contributed by atoms with Crippen molar-refractivity contribution in [3.63, 3.8) is 0 Å². The summed E-state index contributed by atoms with van der Waals surface area (Å²) in [5.41, 5.74) is 1.76. The third-order valence-electron chi connectivity index (χ3n) is 4.91. The van der Waals surface area contributed by atoms with E-state index in [0.29, 0.717) is 24.8 Å². The Morgan fingerprint density at radius 1 is 1.17 bits per heavy atom. The van der Waals surface area contributed by atoms with E-state index in [4.69, 9.17) is 0 Å². The third kappa shape index (κ3) is 5.99. The number of hydrogen-bond donors (Lipinski definition) is 2. The van der Waals surface area contributed by atoms with Gasteiger partial charge in [0.05, 0.1) is 6.61 Å². The van der Waals surface area contributed by atoms with Gasteiger partial charge >= 0.3 is 0 Å². The van der Waals surface area contributed by atoms with Gasteiger partial charge in [-0.05, 0) is 44.4 Å². The van der Waals surface area contributed by atoms with Crippen LogP contribution in [0.25, 0.3) is 0 Å². The molecular formula is C20H32O4. The first-order valence-electron chi connectivity index (χ1n) is 9.01. The molecule has 0 saturated heterocycles. The first kappa shape index (κ1) is 20.8. The lowest BCUT2D eigenvalue weighted by molar-refractivity contribution is -0.128. The molecule has 0 saturated carbocycles. The van der Waals surface area contributed by atoms with E-state index in [1.807, 2.05) is 32.9 Å². The van der Waals surface area contributed by atoms with Gasteiger partial charge in [-0.25, -0.2) is 0 Å². The molecule has 0 heterocycles. The summed E-state index contributed by atoms with van der Waals surface area (Å²) in [6.07, 6.45) is 5.79. The standard InChI is InChI=1S/C20H32O4/c1-13(2)17-10-8-14(3)6-5-7-16(12-21)18(22)11-9-15(4)19(23)20(17)24/h8,10,13,15-16,19,21,23H,5-7,9,11-12H2,1-4H3/b14-8-,17-10+/t15-,16+,19+/m1/s1. The molecule has 0 aromatic carbocycles. The molecule has 136 valence electrons. The van der Waals surface area contributed by atoms with Gasteiger partial charge in [-0.15, -0.1) is 0 Å². The average Bonchev–Trinajstić information content (AvgIpc) is 2.54. The molecule has 0 radical (unpaired) electrons. The molecule has 2 N–H and O–H groups in total. The van der Waals surface area contributed by atoms with Crippen LogP contribution >= 0.6 is 0 Å². The highest BCUT2D eigenvalue weighted by Gasteiger charge is 2.28. The lowest BCUT2D eigenvalue weighted by Gasteiger charge is -2.22. The van der Waals surface area contributed by atoms with Crippen LogP contribution in [0.2, 0.25) is 0 Å². The fraction of sp³-hybridized carbons (Fsp3) is 0.700. The van der Waals surface area contributed by atoms with E-state index >= 15 is 0 Å². The summed E-state index contributed by atoms with van der Waals surface area (Å²) in [6.45, 7) is 7.56. The number of aliphatic hydroxyl groups is 2. The molecular weight excluding hydrogens is 304 g/mol. The van der Waals surface area contributed by atoms with Gasteiger partial charge in [0.15, 0.2) is 5.78 Å². The van der Waals surface area contributed by atoms with Crippen LogP contribution in [0.4, 0.5) is 0 Å². The van der Waals surface area contributed by atoms with Crippen molar-refractivity contribution >= 4 is 11.6 Å². The molecule has 3 atom stereocenters. The minimum atomic E-state index is -1.09. The predicted octanol–water partition coefficient (Wildman–Crippen LogP) is 3.22. The van der Waals surface area contributed by atoms with Crippen LogP contribution < -0.4 is 0 Å². The summed E-state index contributed by atoms with van der Waals surface area (Å²) >= 11 is 0. The molecule has 24 heavy (non-hydrogen) atoms. The number of carbonyl (C=O) groups excluding carboxylic acids is 2. The van der Waals surface area contributed by atoms with Crippen molar-refractivity contribution in [3.8, 4) is 0 Å². The SMILES string of the molecule is C/C1=C/C=C(\C(C)C)C(=O)[C@@H](O)[C@H](C)CCC(=O)[C@H](CO)CCC1. The van der Waals surface area contributed by atoms with Gasteiger partial charge in [-0.3, -0.25) is 9.59 Å². The maximum absolute atomic E-state index is 12.6. The van der Waals surface area contributed by atoms with Crippen molar-refractivity contribution in [2.45, 2.75) is 65.9 Å². The molecule has 0 fully saturated rings. The zero-order chi connectivity index (χ0) is 18.3. The first-order chi connectivity index (χ1) is 11.3. The topological polar surface area (TPSA) is 74.6 Å². The Kier molecular flexibility index (Phi) is 8.57. The van der Waals surface area contributed by atoms with Gasteiger partial charge in [0.25, 0.3) is 0 Å². The quantitative estimate of drug-likeness (QED) is 0.812. The molecule has 4 heteroatoms. The van der Waals surface area contributed by atoms with Crippen LogP contribution in [0.3, 0.4) is 0 Å². The minimum Gasteiger partial charge on any atom is -0.396 e. The second-order valence-electron chi connectivity index (χ2n) is 7.35. The van der Waals surface area contributed by atoms with E-state index in [1.165, 1.54) is 0 Å². The Balaban J connectivity index is 3.08. The lowest BCUT2D eigenvalue weighted by atomic mass is 9.85. The summed E-state index contributed by atoms with van der Waals surface area (Å²) < 4.78 is 0. The van der Waals surface area contributed by atoms with Crippen LogP contribution in [-0.4, -0.2) is 34.5 Å². The van der Waals surface area contributed by atoms with Crippen LogP contribution in [0, 0.1) is 17.8 Å². The van der Waals surface area contributed by atoms with Crippen molar-refractivity contribution in [1.82, 2.24) is 0 Å². The number of allylic oxidation sites excluding steroid dienone is 3.